The number of rotatable bonds is 2. The van der Waals surface area contributed by atoms with Crippen LogP contribution in [0.15, 0.2) is 18.5 Å². The summed E-state index contributed by atoms with van der Waals surface area (Å²) in [5, 5.41) is 16.3. The van der Waals surface area contributed by atoms with Gasteiger partial charge in [0.1, 0.15) is 0 Å². The Morgan fingerprint density at radius 1 is 1.44 bits per heavy atom. The molecule has 1 N–H and O–H groups in total. The van der Waals surface area contributed by atoms with Crippen LogP contribution in [0.1, 0.15) is 23.2 Å². The van der Waals surface area contributed by atoms with E-state index in [1.807, 2.05) is 4.90 Å². The van der Waals surface area contributed by atoms with Crippen molar-refractivity contribution in [2.45, 2.75) is 12.8 Å². The van der Waals surface area contributed by atoms with Gasteiger partial charge in [-0.05, 0) is 24.8 Å². The van der Waals surface area contributed by atoms with E-state index in [4.69, 9.17) is 5.11 Å². The molecule has 1 aliphatic heterocycles. The van der Waals surface area contributed by atoms with Crippen molar-refractivity contribution in [3.05, 3.63) is 24.0 Å². The molecule has 0 aliphatic carbocycles. The summed E-state index contributed by atoms with van der Waals surface area (Å²) in [6.45, 7) is 1.65. The van der Waals surface area contributed by atoms with Crippen LogP contribution in [-0.2, 0) is 0 Å². The number of carbonyl (C=O) groups is 1. The Morgan fingerprint density at radius 2 is 2.19 bits per heavy atom. The van der Waals surface area contributed by atoms with Gasteiger partial charge in [-0.1, -0.05) is 0 Å². The summed E-state index contributed by atoms with van der Waals surface area (Å²) < 4.78 is 0. The first-order valence-electron chi connectivity index (χ1n) is 5.48. The molecule has 1 fully saturated rings. The number of piperidine rings is 1. The average molecular weight is 221 g/mol. The number of carbonyl (C=O) groups excluding carboxylic acids is 1. The molecule has 16 heavy (non-hydrogen) atoms. The van der Waals surface area contributed by atoms with Crippen LogP contribution in [-0.4, -0.2) is 45.8 Å². The molecule has 1 aromatic heterocycles. The van der Waals surface area contributed by atoms with Gasteiger partial charge in [0.05, 0.1) is 18.0 Å². The van der Waals surface area contributed by atoms with E-state index in [-0.39, 0.29) is 12.5 Å². The fourth-order valence-electron chi connectivity index (χ4n) is 1.92. The van der Waals surface area contributed by atoms with Crippen molar-refractivity contribution in [3.63, 3.8) is 0 Å². The number of aromatic nitrogens is 2. The molecule has 1 aromatic rings. The average Bonchev–Trinajstić information content (AvgIpc) is 2.39. The Bertz CT molecular complexity index is 348. The van der Waals surface area contributed by atoms with Crippen LogP contribution in [0.25, 0.3) is 0 Å². The van der Waals surface area contributed by atoms with Gasteiger partial charge < -0.3 is 10.0 Å². The van der Waals surface area contributed by atoms with Crippen molar-refractivity contribution in [2.75, 3.05) is 19.7 Å². The zero-order valence-corrected chi connectivity index (χ0v) is 9.04. The van der Waals surface area contributed by atoms with Gasteiger partial charge in [-0.3, -0.25) is 4.79 Å². The zero-order chi connectivity index (χ0) is 11.4. The van der Waals surface area contributed by atoms with Crippen LogP contribution in [0.5, 0.6) is 0 Å². The third-order valence-corrected chi connectivity index (χ3v) is 2.99. The van der Waals surface area contributed by atoms with Crippen LogP contribution in [0.3, 0.4) is 0 Å². The molecule has 0 aromatic carbocycles. The molecule has 0 spiro atoms. The van der Waals surface area contributed by atoms with Gasteiger partial charge in [0.15, 0.2) is 0 Å². The maximum atomic E-state index is 12.0. The smallest absolute Gasteiger partial charge is 0.255 e. The number of amides is 1. The van der Waals surface area contributed by atoms with Gasteiger partial charge in [-0.15, -0.1) is 0 Å². The molecule has 1 amide bonds. The van der Waals surface area contributed by atoms with Gasteiger partial charge in [-0.25, -0.2) is 0 Å². The Balaban J connectivity index is 1.97. The molecule has 0 bridgehead atoms. The van der Waals surface area contributed by atoms with E-state index < -0.39 is 0 Å². The molecule has 5 heteroatoms. The van der Waals surface area contributed by atoms with E-state index in [1.54, 1.807) is 6.07 Å². The summed E-state index contributed by atoms with van der Waals surface area (Å²) in [5.41, 5.74) is 0.581. The van der Waals surface area contributed by atoms with E-state index in [0.717, 1.165) is 12.8 Å². The second-order valence-corrected chi connectivity index (χ2v) is 4.05. The maximum Gasteiger partial charge on any atom is 0.255 e. The second-order valence-electron chi connectivity index (χ2n) is 4.05. The van der Waals surface area contributed by atoms with Crippen molar-refractivity contribution < 1.29 is 9.90 Å². The van der Waals surface area contributed by atoms with Crippen LogP contribution in [0.4, 0.5) is 0 Å². The van der Waals surface area contributed by atoms with Gasteiger partial charge in [0.2, 0.25) is 0 Å². The summed E-state index contributed by atoms with van der Waals surface area (Å²) in [6, 6.07) is 1.67. The number of aliphatic hydroxyl groups excluding tert-OH is 1. The molecule has 1 aliphatic rings. The van der Waals surface area contributed by atoms with E-state index in [0.29, 0.717) is 24.6 Å². The molecule has 5 nitrogen and oxygen atoms in total. The van der Waals surface area contributed by atoms with E-state index in [1.165, 1.54) is 12.4 Å². The largest absolute Gasteiger partial charge is 0.396 e. The predicted molar refractivity (Wildman–Crippen MR) is 57.7 cm³/mol. The monoisotopic (exact) mass is 221 g/mol. The van der Waals surface area contributed by atoms with E-state index in [2.05, 4.69) is 10.2 Å². The molecule has 86 valence electrons. The van der Waals surface area contributed by atoms with Crippen molar-refractivity contribution in [2.24, 2.45) is 5.92 Å². The summed E-state index contributed by atoms with van der Waals surface area (Å²) in [5.74, 6) is 0.353. The molecule has 2 heterocycles. The van der Waals surface area contributed by atoms with Crippen molar-refractivity contribution in [1.29, 1.82) is 0 Å². The quantitative estimate of drug-likeness (QED) is 0.781. The van der Waals surface area contributed by atoms with Crippen LogP contribution in [0.2, 0.25) is 0 Å². The molecule has 0 unspecified atom stereocenters. The third kappa shape index (κ3) is 2.36. The summed E-state index contributed by atoms with van der Waals surface area (Å²) >= 11 is 0. The summed E-state index contributed by atoms with van der Waals surface area (Å²) in [6.07, 6.45) is 4.76. The van der Waals surface area contributed by atoms with E-state index in [9.17, 15) is 4.79 Å². The Labute approximate surface area is 94.1 Å². The second kappa shape index (κ2) is 5.03. The standard InChI is InChI=1S/C11H15N3O2/c15-8-9-2-5-14(6-3-9)11(16)10-1-4-12-13-7-10/h1,4,7,9,15H,2-3,5-6,8H2. The highest BCUT2D eigenvalue weighted by atomic mass is 16.3. The maximum absolute atomic E-state index is 12.0. The highest BCUT2D eigenvalue weighted by molar-refractivity contribution is 5.93. The molecule has 0 saturated carbocycles. The number of nitrogens with zero attached hydrogens (tertiary/aromatic N) is 3. The summed E-state index contributed by atoms with van der Waals surface area (Å²) in [7, 11) is 0. The Morgan fingerprint density at radius 3 is 2.75 bits per heavy atom. The van der Waals surface area contributed by atoms with Crippen LogP contribution >= 0.6 is 0 Å². The van der Waals surface area contributed by atoms with Gasteiger partial charge >= 0.3 is 0 Å². The van der Waals surface area contributed by atoms with Crippen LogP contribution in [0, 0.1) is 5.92 Å². The van der Waals surface area contributed by atoms with Crippen molar-refractivity contribution in [3.8, 4) is 0 Å². The highest BCUT2D eigenvalue weighted by Gasteiger charge is 2.23. The van der Waals surface area contributed by atoms with Crippen molar-refractivity contribution >= 4 is 5.91 Å². The van der Waals surface area contributed by atoms with E-state index >= 15 is 0 Å². The molecular formula is C11H15N3O2. The van der Waals surface area contributed by atoms with Gasteiger partial charge in [-0.2, -0.15) is 10.2 Å². The first-order valence-corrected chi connectivity index (χ1v) is 5.48. The molecule has 2 rings (SSSR count). The normalized spacial score (nSPS) is 17.4. The lowest BCUT2D eigenvalue weighted by Crippen LogP contribution is -2.39. The first-order chi connectivity index (χ1) is 7.81. The summed E-state index contributed by atoms with van der Waals surface area (Å²) in [4.78, 5) is 13.8. The number of hydrogen-bond donors (Lipinski definition) is 1. The fourth-order valence-corrected chi connectivity index (χ4v) is 1.92. The lowest BCUT2D eigenvalue weighted by Gasteiger charge is -2.31. The fraction of sp³-hybridized carbons (Fsp3) is 0.545. The number of hydrogen-bond acceptors (Lipinski definition) is 4. The van der Waals surface area contributed by atoms with Gasteiger partial charge in [0.25, 0.3) is 5.91 Å². The molecular weight excluding hydrogens is 206 g/mol. The predicted octanol–water partition coefficient (Wildman–Crippen LogP) is 0.321. The van der Waals surface area contributed by atoms with Crippen molar-refractivity contribution in [1.82, 2.24) is 15.1 Å². The minimum atomic E-state index is 0.00582. The van der Waals surface area contributed by atoms with Crippen LogP contribution < -0.4 is 0 Å². The first kappa shape index (κ1) is 11.0. The lowest BCUT2D eigenvalue weighted by molar-refractivity contribution is 0.0650. The van der Waals surface area contributed by atoms with Gasteiger partial charge in [0, 0.05) is 19.7 Å². The zero-order valence-electron chi connectivity index (χ0n) is 9.04. The molecule has 0 radical (unpaired) electrons. The molecule has 1 saturated heterocycles. The third-order valence-electron chi connectivity index (χ3n) is 2.99. The minimum Gasteiger partial charge on any atom is -0.396 e. The Kier molecular flexibility index (Phi) is 3.46. The number of likely N-dealkylation sites (tertiary alicyclic amines) is 1. The lowest BCUT2D eigenvalue weighted by atomic mass is 9.97. The SMILES string of the molecule is O=C(c1ccnnc1)N1CCC(CO)CC1. The molecule has 0 atom stereocenters. The topological polar surface area (TPSA) is 66.3 Å². The number of aliphatic hydroxyl groups is 1. The highest BCUT2D eigenvalue weighted by Crippen LogP contribution is 2.17. The Hall–Kier alpha value is -1.49. The minimum absolute atomic E-state index is 0.00582.